The second-order valence-corrected chi connectivity index (χ2v) is 6.04. The van der Waals surface area contributed by atoms with E-state index in [-0.39, 0.29) is 12.5 Å². The minimum absolute atomic E-state index is 0.0294. The third-order valence-electron chi connectivity index (χ3n) is 4.13. The summed E-state index contributed by atoms with van der Waals surface area (Å²) in [7, 11) is 0. The highest BCUT2D eigenvalue weighted by molar-refractivity contribution is 5.94. The van der Waals surface area contributed by atoms with Crippen LogP contribution in [0.2, 0.25) is 0 Å². The van der Waals surface area contributed by atoms with Crippen LogP contribution in [0.25, 0.3) is 5.65 Å². The van der Waals surface area contributed by atoms with Gasteiger partial charge < -0.3 is 15.2 Å². The lowest BCUT2D eigenvalue weighted by Crippen LogP contribution is -2.34. The molecule has 0 aliphatic carbocycles. The minimum Gasteiger partial charge on any atom is -0.494 e. The molecule has 1 aromatic carbocycles. The molecule has 27 heavy (non-hydrogen) atoms. The third kappa shape index (κ3) is 4.60. The average Bonchev–Trinajstić information content (AvgIpc) is 3.14. The fourth-order valence-electron chi connectivity index (χ4n) is 2.70. The number of benzene rings is 1. The number of carbonyl (C=O) groups excluding carboxylic acids is 1. The first-order valence-corrected chi connectivity index (χ1v) is 8.59. The Labute approximate surface area is 155 Å². The van der Waals surface area contributed by atoms with Crippen LogP contribution in [0.5, 0.6) is 5.75 Å². The predicted molar refractivity (Wildman–Crippen MR) is 97.8 cm³/mol. The Kier molecular flexibility index (Phi) is 5.65. The van der Waals surface area contributed by atoms with E-state index in [9.17, 15) is 14.7 Å². The number of rotatable bonds is 8. The molecule has 8 nitrogen and oxygen atoms in total. The quantitative estimate of drug-likeness (QED) is 0.628. The molecule has 3 aromatic rings. The van der Waals surface area contributed by atoms with Crippen LogP contribution in [-0.2, 0) is 11.2 Å². The van der Waals surface area contributed by atoms with Crippen molar-refractivity contribution >= 4 is 17.5 Å². The Morgan fingerprint density at radius 3 is 2.70 bits per heavy atom. The van der Waals surface area contributed by atoms with Crippen molar-refractivity contribution in [1.82, 2.24) is 19.9 Å². The summed E-state index contributed by atoms with van der Waals surface area (Å²) in [6.45, 7) is 2.50. The molecule has 2 aromatic heterocycles. The third-order valence-corrected chi connectivity index (χ3v) is 4.13. The van der Waals surface area contributed by atoms with E-state index in [1.54, 1.807) is 22.7 Å². The van der Waals surface area contributed by atoms with Gasteiger partial charge in [0, 0.05) is 12.7 Å². The topological polar surface area (TPSA) is 106 Å². The molecule has 140 valence electrons. The summed E-state index contributed by atoms with van der Waals surface area (Å²) in [6.07, 6.45) is 3.41. The number of amides is 1. The zero-order valence-corrected chi connectivity index (χ0v) is 14.8. The smallest absolute Gasteiger partial charge is 0.308 e. The van der Waals surface area contributed by atoms with Crippen LogP contribution < -0.4 is 10.1 Å². The number of aliphatic carboxylic acids is 1. The van der Waals surface area contributed by atoms with Crippen molar-refractivity contribution in [2.75, 3.05) is 13.2 Å². The van der Waals surface area contributed by atoms with Crippen molar-refractivity contribution in [2.24, 2.45) is 5.92 Å². The number of pyridine rings is 1. The van der Waals surface area contributed by atoms with Gasteiger partial charge in [0.1, 0.15) is 12.1 Å². The summed E-state index contributed by atoms with van der Waals surface area (Å²) in [5.74, 6) is -1.29. The van der Waals surface area contributed by atoms with Gasteiger partial charge >= 0.3 is 5.97 Å². The molecule has 3 rings (SSSR count). The van der Waals surface area contributed by atoms with Gasteiger partial charge in [-0.1, -0.05) is 12.1 Å². The summed E-state index contributed by atoms with van der Waals surface area (Å²) >= 11 is 0. The van der Waals surface area contributed by atoms with Gasteiger partial charge in [-0.3, -0.25) is 14.0 Å². The van der Waals surface area contributed by atoms with Gasteiger partial charge in [-0.15, -0.1) is 10.2 Å². The highest BCUT2D eigenvalue weighted by atomic mass is 16.5. The number of hydrogen-bond acceptors (Lipinski definition) is 5. The Bertz CT molecular complexity index is 936. The summed E-state index contributed by atoms with van der Waals surface area (Å²) in [5.41, 5.74) is 1.91. The molecular formula is C19H20N4O4. The van der Waals surface area contributed by atoms with Gasteiger partial charge in [0.05, 0.1) is 18.1 Å². The van der Waals surface area contributed by atoms with Crippen LogP contribution in [0.4, 0.5) is 0 Å². The summed E-state index contributed by atoms with van der Waals surface area (Å²) in [6, 6.07) is 10.6. The van der Waals surface area contributed by atoms with Crippen molar-refractivity contribution in [2.45, 2.75) is 13.3 Å². The number of ether oxygens (including phenoxy) is 1. The van der Waals surface area contributed by atoms with Crippen molar-refractivity contribution in [3.63, 3.8) is 0 Å². The molecule has 2 heterocycles. The normalized spacial score (nSPS) is 11.9. The van der Waals surface area contributed by atoms with E-state index in [0.29, 0.717) is 24.2 Å². The van der Waals surface area contributed by atoms with E-state index in [1.165, 1.54) is 6.33 Å². The maximum absolute atomic E-state index is 12.3. The lowest BCUT2D eigenvalue weighted by atomic mass is 9.99. The molecule has 1 unspecified atom stereocenters. The van der Waals surface area contributed by atoms with Gasteiger partial charge in [-0.2, -0.15) is 0 Å². The molecule has 0 saturated heterocycles. The van der Waals surface area contributed by atoms with E-state index in [1.807, 2.05) is 31.2 Å². The van der Waals surface area contributed by atoms with Crippen molar-refractivity contribution in [3.8, 4) is 5.75 Å². The Morgan fingerprint density at radius 1 is 1.22 bits per heavy atom. The molecule has 0 fully saturated rings. The maximum atomic E-state index is 12.3. The number of carboxylic acids is 1. The summed E-state index contributed by atoms with van der Waals surface area (Å²) < 4.78 is 7.01. The van der Waals surface area contributed by atoms with Crippen LogP contribution in [0.15, 0.2) is 48.9 Å². The fraction of sp³-hybridized carbons (Fsp3) is 0.263. The molecule has 0 saturated carbocycles. The van der Waals surface area contributed by atoms with Gasteiger partial charge in [-0.05, 0) is 43.2 Å². The molecule has 8 heteroatoms. The molecular weight excluding hydrogens is 348 g/mol. The number of fused-ring (bicyclic) bond motifs is 1. The number of carbonyl (C=O) groups is 2. The predicted octanol–water partition coefficient (Wildman–Crippen LogP) is 1.80. The van der Waals surface area contributed by atoms with Gasteiger partial charge in [0.2, 0.25) is 0 Å². The first-order valence-electron chi connectivity index (χ1n) is 8.59. The zero-order valence-electron chi connectivity index (χ0n) is 14.8. The number of hydrogen-bond donors (Lipinski definition) is 2. The average molecular weight is 368 g/mol. The molecule has 0 spiro atoms. The molecule has 1 atom stereocenters. The van der Waals surface area contributed by atoms with E-state index >= 15 is 0 Å². The number of nitrogens with zero attached hydrogens (tertiary/aromatic N) is 3. The van der Waals surface area contributed by atoms with E-state index in [0.717, 1.165) is 11.3 Å². The lowest BCUT2D eigenvalue weighted by molar-refractivity contribution is -0.141. The molecule has 0 aliphatic heterocycles. The first kappa shape index (κ1) is 18.4. The SMILES string of the molecule is CCOc1ccc(CC(CNC(=O)c2ccc3nncn3c2)C(=O)O)cc1. The second-order valence-electron chi connectivity index (χ2n) is 6.04. The standard InChI is InChI=1S/C19H20N4O4/c1-2-27-16-6-3-13(4-7-16)9-15(19(25)26)10-20-18(24)14-5-8-17-22-21-12-23(17)11-14/h3-8,11-12,15H,2,9-10H2,1H3,(H,20,24)(H,25,26). The van der Waals surface area contributed by atoms with Crippen LogP contribution in [0.1, 0.15) is 22.8 Å². The summed E-state index contributed by atoms with van der Waals surface area (Å²) in [4.78, 5) is 23.9. The lowest BCUT2D eigenvalue weighted by Gasteiger charge is -2.14. The van der Waals surface area contributed by atoms with Crippen LogP contribution in [-0.4, -0.2) is 44.7 Å². The van der Waals surface area contributed by atoms with Crippen molar-refractivity contribution < 1.29 is 19.4 Å². The van der Waals surface area contributed by atoms with E-state index in [2.05, 4.69) is 15.5 Å². The maximum Gasteiger partial charge on any atom is 0.308 e. The van der Waals surface area contributed by atoms with Gasteiger partial charge in [-0.25, -0.2) is 0 Å². The molecule has 2 N–H and O–H groups in total. The van der Waals surface area contributed by atoms with Crippen LogP contribution >= 0.6 is 0 Å². The molecule has 0 aliphatic rings. The van der Waals surface area contributed by atoms with Crippen LogP contribution in [0, 0.1) is 5.92 Å². The first-order chi connectivity index (χ1) is 13.1. The highest BCUT2D eigenvalue weighted by Gasteiger charge is 2.19. The highest BCUT2D eigenvalue weighted by Crippen LogP contribution is 2.15. The minimum atomic E-state index is -0.960. The number of carboxylic acid groups (broad SMARTS) is 1. The van der Waals surface area contributed by atoms with Crippen LogP contribution in [0.3, 0.4) is 0 Å². The summed E-state index contributed by atoms with van der Waals surface area (Å²) in [5, 5.41) is 19.8. The number of aromatic nitrogens is 3. The zero-order chi connectivity index (χ0) is 19.2. The van der Waals surface area contributed by atoms with Crippen molar-refractivity contribution in [3.05, 3.63) is 60.0 Å². The van der Waals surface area contributed by atoms with Gasteiger partial charge in [0.25, 0.3) is 5.91 Å². The Morgan fingerprint density at radius 2 is 2.00 bits per heavy atom. The molecule has 1 amide bonds. The van der Waals surface area contributed by atoms with Crippen molar-refractivity contribution in [1.29, 1.82) is 0 Å². The molecule has 0 radical (unpaired) electrons. The second kappa shape index (κ2) is 8.31. The largest absolute Gasteiger partial charge is 0.494 e. The Hall–Kier alpha value is -3.42. The Balaban J connectivity index is 1.61. The van der Waals surface area contributed by atoms with Gasteiger partial charge in [0.15, 0.2) is 5.65 Å². The van der Waals surface area contributed by atoms with E-state index in [4.69, 9.17) is 4.74 Å². The monoisotopic (exact) mass is 368 g/mol. The fourth-order valence-corrected chi connectivity index (χ4v) is 2.70. The van der Waals surface area contributed by atoms with E-state index < -0.39 is 11.9 Å². The number of nitrogens with one attached hydrogen (secondary N) is 1. The molecule has 0 bridgehead atoms.